The Bertz CT molecular complexity index is 838. The number of nitrogens with one attached hydrogen (secondary N) is 1. The maximum atomic E-state index is 12.7. The molecule has 0 aliphatic carbocycles. The summed E-state index contributed by atoms with van der Waals surface area (Å²) in [7, 11) is -3.77. The minimum atomic E-state index is -3.77. The number of aryl methyl sites for hydroxylation is 1. The number of benzene rings is 2. The van der Waals surface area contributed by atoms with Gasteiger partial charge in [-0.25, -0.2) is 13.1 Å². The van der Waals surface area contributed by atoms with Crippen molar-refractivity contribution in [2.24, 2.45) is 0 Å². The second-order valence-corrected chi connectivity index (χ2v) is 8.90. The van der Waals surface area contributed by atoms with Crippen molar-refractivity contribution in [1.29, 1.82) is 0 Å². The summed E-state index contributed by atoms with van der Waals surface area (Å²) < 4.78 is 33.4. The lowest BCUT2D eigenvalue weighted by Gasteiger charge is -2.23. The fourth-order valence-corrected chi connectivity index (χ4v) is 3.66. The maximum absolute atomic E-state index is 12.7. The van der Waals surface area contributed by atoms with Crippen LogP contribution in [0.3, 0.4) is 0 Å². The fourth-order valence-electron chi connectivity index (χ4n) is 2.44. The molecular weight excluding hydrogens is 350 g/mol. The first-order valence-electron chi connectivity index (χ1n) is 8.43. The Morgan fingerprint density at radius 2 is 1.62 bits per heavy atom. The molecule has 2 aromatic carbocycles. The average Bonchev–Trinajstić information content (AvgIpc) is 2.53. The van der Waals surface area contributed by atoms with Crippen molar-refractivity contribution in [2.75, 3.05) is 0 Å². The highest BCUT2D eigenvalue weighted by molar-refractivity contribution is 7.89. The van der Waals surface area contributed by atoms with Crippen molar-refractivity contribution in [3.8, 4) is 0 Å². The van der Waals surface area contributed by atoms with Gasteiger partial charge in [0, 0.05) is 0 Å². The molecule has 0 saturated carbocycles. The molecule has 1 N–H and O–H groups in total. The lowest BCUT2D eigenvalue weighted by atomic mass is 10.0. The van der Waals surface area contributed by atoms with E-state index in [1.807, 2.05) is 13.0 Å². The van der Waals surface area contributed by atoms with E-state index >= 15 is 0 Å². The van der Waals surface area contributed by atoms with Crippen molar-refractivity contribution in [2.45, 2.75) is 50.7 Å². The van der Waals surface area contributed by atoms with Crippen molar-refractivity contribution < 1.29 is 17.9 Å². The molecule has 0 radical (unpaired) electrons. The van der Waals surface area contributed by atoms with Crippen molar-refractivity contribution >= 4 is 16.0 Å². The number of esters is 1. The molecule has 5 nitrogen and oxygen atoms in total. The highest BCUT2D eigenvalue weighted by Crippen LogP contribution is 2.22. The number of hydrogen-bond acceptors (Lipinski definition) is 4. The second kappa shape index (κ2) is 8.01. The van der Waals surface area contributed by atoms with E-state index in [1.165, 1.54) is 0 Å². The Morgan fingerprint density at radius 3 is 2.15 bits per heavy atom. The molecule has 1 atom stereocenters. The Balaban J connectivity index is 2.26. The molecule has 2 aromatic rings. The van der Waals surface area contributed by atoms with E-state index < -0.39 is 27.6 Å². The number of hydrogen-bond donors (Lipinski definition) is 1. The van der Waals surface area contributed by atoms with Gasteiger partial charge < -0.3 is 4.74 Å². The Kier molecular flexibility index (Phi) is 6.21. The summed E-state index contributed by atoms with van der Waals surface area (Å²) in [5.74, 6) is -0.460. The quantitative estimate of drug-likeness (QED) is 0.781. The van der Waals surface area contributed by atoms with Crippen LogP contribution in [0.2, 0.25) is 0 Å². The summed E-state index contributed by atoms with van der Waals surface area (Å²) in [6.07, 6.45) is -0.0909. The fraction of sp³-hybridized carbons (Fsp3) is 0.350. The molecule has 0 aliphatic heterocycles. The molecule has 26 heavy (non-hydrogen) atoms. The summed E-state index contributed by atoms with van der Waals surface area (Å²) in [5, 5.41) is 0. The van der Waals surface area contributed by atoms with Gasteiger partial charge in [0.1, 0.15) is 5.60 Å². The van der Waals surface area contributed by atoms with E-state index in [4.69, 9.17) is 4.74 Å². The normalized spacial score (nSPS) is 13.2. The molecule has 0 spiro atoms. The molecular formula is C20H25NO4S. The van der Waals surface area contributed by atoms with E-state index in [1.54, 1.807) is 69.3 Å². The van der Waals surface area contributed by atoms with Crippen LogP contribution in [-0.2, 0) is 19.6 Å². The Morgan fingerprint density at radius 1 is 1.04 bits per heavy atom. The Labute approximate surface area is 155 Å². The summed E-state index contributed by atoms with van der Waals surface area (Å²) in [6.45, 7) is 7.22. The van der Waals surface area contributed by atoms with Crippen LogP contribution >= 0.6 is 0 Å². The highest BCUT2D eigenvalue weighted by atomic mass is 32.2. The van der Waals surface area contributed by atoms with Gasteiger partial charge in [0.25, 0.3) is 0 Å². The van der Waals surface area contributed by atoms with Crippen molar-refractivity contribution in [3.05, 3.63) is 65.7 Å². The average molecular weight is 375 g/mol. The molecule has 0 aromatic heterocycles. The predicted molar refractivity (Wildman–Crippen MR) is 101 cm³/mol. The molecule has 2 rings (SSSR count). The van der Waals surface area contributed by atoms with Gasteiger partial charge in [-0.1, -0.05) is 48.0 Å². The highest BCUT2D eigenvalue weighted by Gasteiger charge is 2.26. The van der Waals surface area contributed by atoms with Gasteiger partial charge in [-0.15, -0.1) is 0 Å². The van der Waals surface area contributed by atoms with Gasteiger partial charge in [0.05, 0.1) is 17.4 Å². The zero-order valence-electron chi connectivity index (χ0n) is 15.5. The van der Waals surface area contributed by atoms with Crippen LogP contribution in [0.5, 0.6) is 0 Å². The van der Waals surface area contributed by atoms with Crippen molar-refractivity contribution in [1.82, 2.24) is 4.72 Å². The number of rotatable bonds is 6. The molecule has 0 saturated heterocycles. The minimum Gasteiger partial charge on any atom is -0.460 e. The molecule has 0 aliphatic rings. The third kappa shape index (κ3) is 5.97. The molecule has 140 valence electrons. The molecule has 0 heterocycles. The smallest absolute Gasteiger partial charge is 0.308 e. The van der Waals surface area contributed by atoms with Crippen LogP contribution in [0.25, 0.3) is 0 Å². The topological polar surface area (TPSA) is 72.5 Å². The standard InChI is InChI=1S/C20H25NO4S/c1-15-10-12-17(13-11-15)26(23,24)21-18(16-8-6-5-7-9-16)14-19(22)25-20(2,3)4/h5-13,18,21H,14H2,1-4H3. The number of carbonyl (C=O) groups excluding carboxylic acids is 1. The third-order valence-corrected chi connectivity index (χ3v) is 5.11. The molecule has 0 amide bonds. The molecule has 6 heteroatoms. The van der Waals surface area contributed by atoms with Gasteiger partial charge in [-0.3, -0.25) is 4.79 Å². The lowest BCUT2D eigenvalue weighted by Crippen LogP contribution is -2.32. The minimum absolute atomic E-state index is 0.0909. The zero-order chi connectivity index (χ0) is 19.4. The van der Waals surface area contributed by atoms with Gasteiger partial charge >= 0.3 is 5.97 Å². The second-order valence-electron chi connectivity index (χ2n) is 7.19. The van der Waals surface area contributed by atoms with E-state index in [0.29, 0.717) is 5.56 Å². The first-order chi connectivity index (χ1) is 12.1. The largest absolute Gasteiger partial charge is 0.460 e. The number of sulfonamides is 1. The zero-order valence-corrected chi connectivity index (χ0v) is 16.3. The molecule has 0 bridgehead atoms. The number of carbonyl (C=O) groups is 1. The van der Waals surface area contributed by atoms with Gasteiger partial charge in [-0.05, 0) is 45.4 Å². The van der Waals surface area contributed by atoms with Crippen LogP contribution in [0.15, 0.2) is 59.5 Å². The van der Waals surface area contributed by atoms with Crippen LogP contribution in [-0.4, -0.2) is 20.0 Å². The van der Waals surface area contributed by atoms with E-state index in [0.717, 1.165) is 5.56 Å². The first kappa shape index (κ1) is 20.1. The van der Waals surface area contributed by atoms with Crippen molar-refractivity contribution in [3.63, 3.8) is 0 Å². The first-order valence-corrected chi connectivity index (χ1v) is 9.91. The maximum Gasteiger partial charge on any atom is 0.308 e. The predicted octanol–water partition coefficient (Wildman–Crippen LogP) is 3.75. The monoisotopic (exact) mass is 375 g/mol. The van der Waals surface area contributed by atoms with Crippen LogP contribution in [0.1, 0.15) is 44.4 Å². The summed E-state index contributed by atoms with van der Waals surface area (Å²) in [4.78, 5) is 12.4. The third-order valence-electron chi connectivity index (χ3n) is 3.62. The van der Waals surface area contributed by atoms with Crippen LogP contribution in [0, 0.1) is 6.92 Å². The van der Waals surface area contributed by atoms with Crippen LogP contribution in [0.4, 0.5) is 0 Å². The van der Waals surface area contributed by atoms with E-state index in [9.17, 15) is 13.2 Å². The van der Waals surface area contributed by atoms with E-state index in [2.05, 4.69) is 4.72 Å². The number of ether oxygens (including phenoxy) is 1. The van der Waals surface area contributed by atoms with E-state index in [-0.39, 0.29) is 11.3 Å². The summed E-state index contributed by atoms with van der Waals surface area (Å²) in [5.41, 5.74) is 1.04. The summed E-state index contributed by atoms with van der Waals surface area (Å²) in [6, 6.07) is 14.9. The SMILES string of the molecule is Cc1ccc(S(=O)(=O)NC(CC(=O)OC(C)(C)C)c2ccccc2)cc1. The molecule has 1 unspecified atom stereocenters. The van der Waals surface area contributed by atoms with Gasteiger partial charge in [-0.2, -0.15) is 0 Å². The summed E-state index contributed by atoms with van der Waals surface area (Å²) >= 11 is 0. The Hall–Kier alpha value is -2.18. The van der Waals surface area contributed by atoms with Gasteiger partial charge in [0.2, 0.25) is 10.0 Å². The lowest BCUT2D eigenvalue weighted by molar-refractivity contribution is -0.155. The van der Waals surface area contributed by atoms with Gasteiger partial charge in [0.15, 0.2) is 0 Å². The molecule has 0 fully saturated rings. The van der Waals surface area contributed by atoms with Crippen LogP contribution < -0.4 is 4.72 Å².